The maximum atomic E-state index is 13.6. The minimum atomic E-state index is -3.78. The van der Waals surface area contributed by atoms with E-state index in [1.807, 2.05) is 19.1 Å². The third-order valence-corrected chi connectivity index (χ3v) is 7.51. The van der Waals surface area contributed by atoms with Crippen molar-refractivity contribution in [1.82, 2.24) is 10.2 Å². The van der Waals surface area contributed by atoms with Crippen LogP contribution >= 0.6 is 11.6 Å². The van der Waals surface area contributed by atoms with E-state index in [0.29, 0.717) is 22.8 Å². The van der Waals surface area contributed by atoms with Gasteiger partial charge in [0.2, 0.25) is 21.8 Å². The molecule has 0 unspecified atom stereocenters. The number of amides is 2. The summed E-state index contributed by atoms with van der Waals surface area (Å²) in [7, 11) is -3.78. The third kappa shape index (κ3) is 8.23. The first-order valence-electron chi connectivity index (χ1n) is 12.1. The van der Waals surface area contributed by atoms with Gasteiger partial charge in [-0.1, -0.05) is 76.0 Å². The molecule has 0 saturated heterocycles. The summed E-state index contributed by atoms with van der Waals surface area (Å²) in [5, 5.41) is 3.32. The van der Waals surface area contributed by atoms with Crippen LogP contribution in [0.25, 0.3) is 0 Å². The van der Waals surface area contributed by atoms with Crippen LogP contribution in [-0.2, 0) is 31.6 Å². The SMILES string of the molecule is CCCCNC(=O)[C@H](C)N(Cc1ccccc1Cl)C(=O)CN(c1ccc(C(C)(C)C)cc1)S(C)(=O)=O. The van der Waals surface area contributed by atoms with E-state index >= 15 is 0 Å². The Kier molecular flexibility index (Phi) is 10.4. The fraction of sp³-hybridized carbons (Fsp3) is 0.481. The molecule has 0 bridgehead atoms. The first-order valence-corrected chi connectivity index (χ1v) is 14.4. The summed E-state index contributed by atoms with van der Waals surface area (Å²) < 4.78 is 26.5. The average Bonchev–Trinajstić information content (AvgIpc) is 2.80. The van der Waals surface area contributed by atoms with Gasteiger partial charge in [-0.3, -0.25) is 13.9 Å². The molecular formula is C27H38ClN3O4S. The summed E-state index contributed by atoms with van der Waals surface area (Å²) in [5.41, 5.74) is 2.00. The number of hydrogen-bond acceptors (Lipinski definition) is 4. The van der Waals surface area contributed by atoms with Gasteiger partial charge in [-0.15, -0.1) is 0 Å². The highest BCUT2D eigenvalue weighted by Gasteiger charge is 2.30. The van der Waals surface area contributed by atoms with Crippen molar-refractivity contribution in [2.24, 2.45) is 0 Å². The predicted octanol–water partition coefficient (Wildman–Crippen LogP) is 4.74. The molecule has 0 aromatic heterocycles. The Hall–Kier alpha value is -2.58. The molecular weight excluding hydrogens is 498 g/mol. The van der Waals surface area contributed by atoms with Crippen LogP contribution in [0, 0.1) is 0 Å². The minimum absolute atomic E-state index is 0.0709. The van der Waals surface area contributed by atoms with Gasteiger partial charge in [0.1, 0.15) is 12.6 Å². The average molecular weight is 536 g/mol. The number of unbranched alkanes of at least 4 members (excludes halogenated alkanes) is 1. The van der Waals surface area contributed by atoms with E-state index in [1.165, 1.54) is 4.90 Å². The van der Waals surface area contributed by atoms with Crippen molar-refractivity contribution < 1.29 is 18.0 Å². The normalized spacial score (nSPS) is 12.6. The second-order valence-electron chi connectivity index (χ2n) is 10.0. The third-order valence-electron chi connectivity index (χ3n) is 6.00. The van der Waals surface area contributed by atoms with E-state index < -0.39 is 28.5 Å². The zero-order valence-electron chi connectivity index (χ0n) is 22.0. The van der Waals surface area contributed by atoms with Crippen molar-refractivity contribution in [1.29, 1.82) is 0 Å². The lowest BCUT2D eigenvalue weighted by molar-refractivity contribution is -0.139. The van der Waals surface area contributed by atoms with E-state index in [2.05, 4.69) is 26.1 Å². The molecule has 0 spiro atoms. The van der Waals surface area contributed by atoms with E-state index in [1.54, 1.807) is 43.3 Å². The Morgan fingerprint density at radius 2 is 1.67 bits per heavy atom. The lowest BCUT2D eigenvalue weighted by atomic mass is 9.87. The lowest BCUT2D eigenvalue weighted by Crippen LogP contribution is -2.51. The van der Waals surface area contributed by atoms with Crippen LogP contribution in [0.5, 0.6) is 0 Å². The zero-order valence-corrected chi connectivity index (χ0v) is 23.6. The standard InChI is InChI=1S/C27H38ClN3O4S/c1-7-8-17-29-26(33)20(2)30(18-21-11-9-10-12-24(21)28)25(32)19-31(36(6,34)35)23-15-13-22(14-16-23)27(3,4)5/h9-16,20H,7-8,17-19H2,1-6H3,(H,29,33)/t20-/m0/s1. The van der Waals surface area contributed by atoms with E-state index in [-0.39, 0.29) is 17.9 Å². The Morgan fingerprint density at radius 1 is 1.06 bits per heavy atom. The van der Waals surface area contributed by atoms with Gasteiger partial charge in [0.05, 0.1) is 11.9 Å². The summed E-state index contributed by atoms with van der Waals surface area (Å²) in [6.45, 7) is 10.0. The summed E-state index contributed by atoms with van der Waals surface area (Å²) in [4.78, 5) is 27.8. The van der Waals surface area contributed by atoms with Crippen molar-refractivity contribution in [3.63, 3.8) is 0 Å². The molecule has 0 radical (unpaired) electrons. The number of carbonyl (C=O) groups excluding carboxylic acids is 2. The molecule has 2 aromatic rings. The number of carbonyl (C=O) groups is 2. The van der Waals surface area contributed by atoms with Crippen LogP contribution in [0.15, 0.2) is 48.5 Å². The van der Waals surface area contributed by atoms with Crippen molar-refractivity contribution >= 4 is 39.1 Å². The molecule has 0 aliphatic heterocycles. The van der Waals surface area contributed by atoms with Gasteiger partial charge in [0.15, 0.2) is 0 Å². The largest absolute Gasteiger partial charge is 0.354 e. The Bertz CT molecular complexity index is 1140. The van der Waals surface area contributed by atoms with E-state index in [9.17, 15) is 18.0 Å². The number of nitrogens with one attached hydrogen (secondary N) is 1. The summed E-state index contributed by atoms with van der Waals surface area (Å²) >= 11 is 6.34. The van der Waals surface area contributed by atoms with Gasteiger partial charge in [-0.2, -0.15) is 0 Å². The molecule has 198 valence electrons. The van der Waals surface area contributed by atoms with Crippen LogP contribution in [0.1, 0.15) is 58.6 Å². The summed E-state index contributed by atoms with van der Waals surface area (Å²) in [5.74, 6) is -0.803. The van der Waals surface area contributed by atoms with Crippen LogP contribution in [0.2, 0.25) is 5.02 Å². The summed E-state index contributed by atoms with van der Waals surface area (Å²) in [6.07, 6.45) is 2.81. The van der Waals surface area contributed by atoms with Crippen LogP contribution < -0.4 is 9.62 Å². The van der Waals surface area contributed by atoms with Gasteiger partial charge < -0.3 is 10.2 Å². The van der Waals surface area contributed by atoms with Gasteiger partial charge in [0, 0.05) is 18.1 Å². The molecule has 2 rings (SSSR count). The molecule has 2 amide bonds. The highest BCUT2D eigenvalue weighted by Crippen LogP contribution is 2.26. The van der Waals surface area contributed by atoms with Gasteiger partial charge in [-0.25, -0.2) is 8.42 Å². The first-order chi connectivity index (χ1) is 16.8. The molecule has 1 N–H and O–H groups in total. The number of hydrogen-bond donors (Lipinski definition) is 1. The number of halogens is 1. The number of nitrogens with zero attached hydrogens (tertiary/aromatic N) is 2. The Morgan fingerprint density at radius 3 is 2.19 bits per heavy atom. The Labute approximate surface area is 220 Å². The number of rotatable bonds is 11. The first kappa shape index (κ1) is 29.6. The monoisotopic (exact) mass is 535 g/mol. The van der Waals surface area contributed by atoms with Crippen molar-refractivity contribution in [2.75, 3.05) is 23.7 Å². The van der Waals surface area contributed by atoms with Crippen molar-refractivity contribution in [3.05, 3.63) is 64.7 Å². The van der Waals surface area contributed by atoms with Gasteiger partial charge in [0.25, 0.3) is 0 Å². The second kappa shape index (κ2) is 12.6. The molecule has 0 saturated carbocycles. The fourth-order valence-corrected chi connectivity index (χ4v) is 4.72. The topological polar surface area (TPSA) is 86.8 Å². The molecule has 7 nitrogen and oxygen atoms in total. The van der Waals surface area contributed by atoms with E-state index in [0.717, 1.165) is 29.0 Å². The molecule has 2 aromatic carbocycles. The van der Waals surface area contributed by atoms with Gasteiger partial charge in [-0.05, 0) is 48.1 Å². The molecule has 9 heteroatoms. The molecule has 0 aliphatic rings. The molecule has 0 fully saturated rings. The van der Waals surface area contributed by atoms with Crippen LogP contribution in [-0.4, -0.2) is 50.5 Å². The number of benzene rings is 2. The quantitative estimate of drug-likeness (QED) is 0.421. The fourth-order valence-electron chi connectivity index (χ4n) is 3.67. The number of sulfonamides is 1. The van der Waals surface area contributed by atoms with Crippen LogP contribution in [0.3, 0.4) is 0 Å². The smallest absolute Gasteiger partial charge is 0.244 e. The predicted molar refractivity (Wildman–Crippen MR) is 147 cm³/mol. The summed E-state index contributed by atoms with van der Waals surface area (Å²) in [6, 6.07) is 13.4. The van der Waals surface area contributed by atoms with Crippen molar-refractivity contribution in [2.45, 2.75) is 65.5 Å². The highest BCUT2D eigenvalue weighted by atomic mass is 35.5. The molecule has 36 heavy (non-hydrogen) atoms. The maximum absolute atomic E-state index is 13.6. The van der Waals surface area contributed by atoms with Gasteiger partial charge >= 0.3 is 0 Å². The zero-order chi connectivity index (χ0) is 27.1. The van der Waals surface area contributed by atoms with E-state index in [4.69, 9.17) is 11.6 Å². The van der Waals surface area contributed by atoms with Crippen LogP contribution in [0.4, 0.5) is 5.69 Å². The molecule has 0 aliphatic carbocycles. The maximum Gasteiger partial charge on any atom is 0.244 e. The Balaban J connectivity index is 2.38. The van der Waals surface area contributed by atoms with Crippen molar-refractivity contribution in [3.8, 4) is 0 Å². The number of anilines is 1. The second-order valence-corrected chi connectivity index (χ2v) is 12.3. The molecule has 1 atom stereocenters. The lowest BCUT2D eigenvalue weighted by Gasteiger charge is -2.32. The highest BCUT2D eigenvalue weighted by molar-refractivity contribution is 7.92. The minimum Gasteiger partial charge on any atom is -0.354 e. The molecule has 0 heterocycles.